The van der Waals surface area contributed by atoms with E-state index in [1.54, 1.807) is 62.5 Å². The van der Waals surface area contributed by atoms with Crippen LogP contribution in [0.25, 0.3) is 10.8 Å². The molecule has 1 heterocycles. The molecule has 0 radical (unpaired) electrons. The molecule has 0 aliphatic carbocycles. The fourth-order valence-electron chi connectivity index (χ4n) is 2.77. The Morgan fingerprint density at radius 2 is 1.74 bits per heavy atom. The van der Waals surface area contributed by atoms with Crippen molar-refractivity contribution >= 4 is 28.3 Å². The van der Waals surface area contributed by atoms with Crippen LogP contribution in [0.4, 0.5) is 5.69 Å². The molecule has 0 atom stereocenters. The smallest absolute Gasteiger partial charge is 0.338 e. The highest BCUT2D eigenvalue weighted by Gasteiger charge is 2.13. The predicted octanol–water partition coefficient (Wildman–Crippen LogP) is 2.29. The van der Waals surface area contributed by atoms with Gasteiger partial charge in [-0.2, -0.15) is 5.10 Å². The Kier molecular flexibility index (Phi) is 5.30. The summed E-state index contributed by atoms with van der Waals surface area (Å²) >= 11 is 0. The Balaban J connectivity index is 1.77. The lowest BCUT2D eigenvalue weighted by Gasteiger charge is -2.09. The summed E-state index contributed by atoms with van der Waals surface area (Å²) in [4.78, 5) is 36.2. The highest BCUT2D eigenvalue weighted by molar-refractivity contribution is 5.96. The van der Waals surface area contributed by atoms with Crippen molar-refractivity contribution in [3.63, 3.8) is 0 Å². The minimum atomic E-state index is -0.406. The number of aromatic nitrogens is 2. The van der Waals surface area contributed by atoms with Gasteiger partial charge in [0.2, 0.25) is 5.91 Å². The molecule has 0 saturated carbocycles. The molecule has 0 bridgehead atoms. The average Bonchev–Trinajstić information content (AvgIpc) is 2.66. The molecule has 1 N–H and O–H groups in total. The monoisotopic (exact) mass is 365 g/mol. The van der Waals surface area contributed by atoms with Crippen LogP contribution in [0.2, 0.25) is 0 Å². The Morgan fingerprint density at radius 1 is 1.07 bits per heavy atom. The number of aryl methyl sites for hydroxylation is 1. The van der Waals surface area contributed by atoms with Crippen LogP contribution in [0.15, 0.2) is 53.3 Å². The van der Waals surface area contributed by atoms with Crippen LogP contribution in [0.3, 0.4) is 0 Å². The first-order chi connectivity index (χ1) is 13.0. The first-order valence-corrected chi connectivity index (χ1v) is 8.51. The second-order valence-electron chi connectivity index (χ2n) is 5.94. The standard InChI is InChI=1S/C20H19N3O4/c1-3-27-20(26)13-8-10-14(11-9-13)21-18(24)12-17-15-6-4-5-7-16(15)19(25)23(2)22-17/h4-11H,3,12H2,1-2H3,(H,21,24). The van der Waals surface area contributed by atoms with Crippen molar-refractivity contribution in [1.82, 2.24) is 9.78 Å². The quantitative estimate of drug-likeness (QED) is 0.701. The number of carbonyl (C=O) groups excluding carboxylic acids is 2. The van der Waals surface area contributed by atoms with Crippen LogP contribution in [0.1, 0.15) is 23.0 Å². The first-order valence-electron chi connectivity index (χ1n) is 8.51. The molecule has 7 heteroatoms. The summed E-state index contributed by atoms with van der Waals surface area (Å²) in [5.74, 6) is -0.675. The molecule has 0 spiro atoms. The molecule has 27 heavy (non-hydrogen) atoms. The number of anilines is 1. The third-order valence-electron chi connectivity index (χ3n) is 4.04. The second-order valence-corrected chi connectivity index (χ2v) is 5.94. The lowest BCUT2D eigenvalue weighted by atomic mass is 10.1. The summed E-state index contributed by atoms with van der Waals surface area (Å²) < 4.78 is 6.16. The summed E-state index contributed by atoms with van der Waals surface area (Å²) in [5.41, 5.74) is 1.29. The fourth-order valence-corrected chi connectivity index (χ4v) is 2.77. The molecule has 1 amide bonds. The summed E-state index contributed by atoms with van der Waals surface area (Å²) in [6.45, 7) is 2.04. The van der Waals surface area contributed by atoms with E-state index in [1.165, 1.54) is 4.68 Å². The Bertz CT molecular complexity index is 1060. The SMILES string of the molecule is CCOC(=O)c1ccc(NC(=O)Cc2nn(C)c(=O)c3ccccc23)cc1. The van der Waals surface area contributed by atoms with Gasteiger partial charge >= 0.3 is 5.97 Å². The molecule has 3 rings (SSSR count). The van der Waals surface area contributed by atoms with Crippen molar-refractivity contribution in [1.29, 1.82) is 0 Å². The van der Waals surface area contributed by atoms with Crippen molar-refractivity contribution in [2.45, 2.75) is 13.3 Å². The molecule has 7 nitrogen and oxygen atoms in total. The molecule has 1 aromatic heterocycles. The van der Waals surface area contributed by atoms with Gasteiger partial charge in [0.15, 0.2) is 0 Å². The maximum absolute atomic E-state index is 12.4. The lowest BCUT2D eigenvalue weighted by Crippen LogP contribution is -2.24. The Labute approximate surface area is 155 Å². The summed E-state index contributed by atoms with van der Waals surface area (Å²) in [6, 6.07) is 13.5. The van der Waals surface area contributed by atoms with Crippen LogP contribution in [0.5, 0.6) is 0 Å². The molecule has 0 unspecified atom stereocenters. The van der Waals surface area contributed by atoms with E-state index in [0.717, 1.165) is 0 Å². The molecular formula is C20H19N3O4. The van der Waals surface area contributed by atoms with E-state index in [-0.39, 0.29) is 17.9 Å². The number of rotatable bonds is 5. The zero-order chi connectivity index (χ0) is 19.4. The van der Waals surface area contributed by atoms with Crippen molar-refractivity contribution in [3.05, 3.63) is 70.1 Å². The minimum Gasteiger partial charge on any atom is -0.462 e. The third kappa shape index (κ3) is 4.03. The highest BCUT2D eigenvalue weighted by atomic mass is 16.5. The van der Waals surface area contributed by atoms with Gasteiger partial charge in [0, 0.05) is 18.1 Å². The van der Waals surface area contributed by atoms with Gasteiger partial charge in [0.05, 0.1) is 29.7 Å². The molecule has 0 saturated heterocycles. The Morgan fingerprint density at radius 3 is 2.41 bits per heavy atom. The summed E-state index contributed by atoms with van der Waals surface area (Å²) in [5, 5.41) is 8.18. The maximum Gasteiger partial charge on any atom is 0.338 e. The molecule has 0 aliphatic rings. The number of nitrogens with zero attached hydrogens (tertiary/aromatic N) is 2. The van der Waals surface area contributed by atoms with E-state index >= 15 is 0 Å². The number of fused-ring (bicyclic) bond motifs is 1. The van der Waals surface area contributed by atoms with Crippen molar-refractivity contribution in [2.75, 3.05) is 11.9 Å². The maximum atomic E-state index is 12.4. The number of amides is 1. The van der Waals surface area contributed by atoms with Crippen molar-refractivity contribution in [3.8, 4) is 0 Å². The Hall–Kier alpha value is -3.48. The number of hydrogen-bond acceptors (Lipinski definition) is 5. The van der Waals surface area contributed by atoms with Crippen LogP contribution < -0.4 is 10.9 Å². The molecule has 138 valence electrons. The van der Waals surface area contributed by atoms with E-state index in [9.17, 15) is 14.4 Å². The van der Waals surface area contributed by atoms with E-state index in [0.29, 0.717) is 34.3 Å². The second kappa shape index (κ2) is 7.82. The molecule has 0 fully saturated rings. The number of ether oxygens (including phenoxy) is 1. The third-order valence-corrected chi connectivity index (χ3v) is 4.04. The average molecular weight is 365 g/mol. The van der Waals surface area contributed by atoms with Crippen LogP contribution in [0, 0.1) is 0 Å². The van der Waals surface area contributed by atoms with Crippen LogP contribution in [-0.2, 0) is 23.0 Å². The van der Waals surface area contributed by atoms with Gasteiger partial charge in [-0.1, -0.05) is 18.2 Å². The fraction of sp³-hybridized carbons (Fsp3) is 0.200. The number of hydrogen-bond donors (Lipinski definition) is 1. The first kappa shape index (κ1) is 18.3. The lowest BCUT2D eigenvalue weighted by molar-refractivity contribution is -0.115. The molecule has 3 aromatic rings. The van der Waals surface area contributed by atoms with Gasteiger partial charge in [-0.15, -0.1) is 0 Å². The minimum absolute atomic E-state index is 0.0221. The van der Waals surface area contributed by atoms with Gasteiger partial charge in [-0.25, -0.2) is 9.48 Å². The normalized spacial score (nSPS) is 10.6. The van der Waals surface area contributed by atoms with Crippen molar-refractivity contribution in [2.24, 2.45) is 7.05 Å². The van der Waals surface area contributed by atoms with E-state index in [1.807, 2.05) is 0 Å². The van der Waals surface area contributed by atoms with Gasteiger partial charge in [-0.05, 0) is 37.3 Å². The van der Waals surface area contributed by atoms with E-state index in [2.05, 4.69) is 10.4 Å². The zero-order valence-electron chi connectivity index (χ0n) is 15.1. The van der Waals surface area contributed by atoms with Crippen LogP contribution >= 0.6 is 0 Å². The largest absolute Gasteiger partial charge is 0.462 e. The van der Waals surface area contributed by atoms with Gasteiger partial charge in [0.25, 0.3) is 5.56 Å². The molecule has 2 aromatic carbocycles. The van der Waals surface area contributed by atoms with E-state index < -0.39 is 5.97 Å². The number of carbonyl (C=O) groups is 2. The van der Waals surface area contributed by atoms with E-state index in [4.69, 9.17) is 4.74 Å². The van der Waals surface area contributed by atoms with Gasteiger partial charge in [-0.3, -0.25) is 9.59 Å². The zero-order valence-corrected chi connectivity index (χ0v) is 15.1. The summed E-state index contributed by atoms with van der Waals surface area (Å²) in [6.07, 6.45) is 0.0221. The predicted molar refractivity (Wildman–Crippen MR) is 102 cm³/mol. The van der Waals surface area contributed by atoms with Gasteiger partial charge < -0.3 is 10.1 Å². The van der Waals surface area contributed by atoms with Gasteiger partial charge in [0.1, 0.15) is 0 Å². The number of nitrogens with one attached hydrogen (secondary N) is 1. The van der Waals surface area contributed by atoms with Crippen molar-refractivity contribution < 1.29 is 14.3 Å². The molecule has 0 aliphatic heterocycles. The number of benzene rings is 2. The van der Waals surface area contributed by atoms with Crippen LogP contribution in [-0.4, -0.2) is 28.3 Å². The summed E-state index contributed by atoms with van der Waals surface area (Å²) in [7, 11) is 1.56. The number of esters is 1. The highest BCUT2D eigenvalue weighted by Crippen LogP contribution is 2.15. The molecular weight excluding hydrogens is 346 g/mol. The topological polar surface area (TPSA) is 90.3 Å².